The molecule has 42 heavy (non-hydrogen) atoms. The molecule has 1 saturated heterocycles. The molecule has 3 heterocycles. The van der Waals surface area contributed by atoms with E-state index in [0.29, 0.717) is 46.8 Å². The maximum Gasteiger partial charge on any atom is 0.319 e. The van der Waals surface area contributed by atoms with Gasteiger partial charge in [0.2, 0.25) is 0 Å². The van der Waals surface area contributed by atoms with Crippen molar-refractivity contribution in [3.63, 3.8) is 0 Å². The van der Waals surface area contributed by atoms with Gasteiger partial charge >= 0.3 is 6.01 Å². The summed E-state index contributed by atoms with van der Waals surface area (Å²) in [6, 6.07) is 2.71. The van der Waals surface area contributed by atoms with Crippen molar-refractivity contribution in [2.45, 2.75) is 39.2 Å². The normalized spacial score (nSPS) is 22.0. The van der Waals surface area contributed by atoms with E-state index in [-0.39, 0.29) is 59.5 Å². The highest BCUT2D eigenvalue weighted by molar-refractivity contribution is 6.33. The predicted octanol–water partition coefficient (Wildman–Crippen LogP) is 5.49. The molecular weight excluding hydrogens is 574 g/mol. The summed E-state index contributed by atoms with van der Waals surface area (Å²) in [5.41, 5.74) is -0.0358. The van der Waals surface area contributed by atoms with E-state index in [9.17, 15) is 8.78 Å². The number of anilines is 1. The third-order valence-corrected chi connectivity index (χ3v) is 8.68. The number of alkyl halides is 2. The van der Waals surface area contributed by atoms with Gasteiger partial charge in [0, 0.05) is 65.7 Å². The summed E-state index contributed by atoms with van der Waals surface area (Å²) in [4.78, 5) is 12.5. The standard InChI is InChI=1S/C29H32ClF4N7O/c1-14-10-41(7-6-35-14)26-17-8-19(31)23(21-15(2)18(30)9-20-22(21)16(3)38-39-20)24(32)25(17)36-27(37-26)42-13-28(12-40(4)5)11-29(28,33)34/h8-9,14,35H,6-7,10-13H2,1-5H3,(H,38,39)/t14-,28+/m1/s1. The summed E-state index contributed by atoms with van der Waals surface area (Å²) < 4.78 is 67.5. The number of nitrogens with one attached hydrogen (secondary N) is 2. The Balaban J connectivity index is 1.53. The van der Waals surface area contributed by atoms with E-state index >= 15 is 8.78 Å². The highest BCUT2D eigenvalue weighted by atomic mass is 35.5. The molecule has 6 rings (SSSR count). The second-order valence-corrected chi connectivity index (χ2v) is 12.3. The topological polar surface area (TPSA) is 82.2 Å². The van der Waals surface area contributed by atoms with Crippen LogP contribution in [0.2, 0.25) is 5.02 Å². The van der Waals surface area contributed by atoms with Crippen molar-refractivity contribution in [1.29, 1.82) is 0 Å². The molecule has 0 amide bonds. The van der Waals surface area contributed by atoms with E-state index in [0.717, 1.165) is 0 Å². The molecule has 2 aromatic heterocycles. The Bertz CT molecular complexity index is 1710. The van der Waals surface area contributed by atoms with Gasteiger partial charge in [0.15, 0.2) is 5.82 Å². The second-order valence-electron chi connectivity index (χ2n) is 11.9. The number of nitrogens with zero attached hydrogens (tertiary/aromatic N) is 5. The van der Waals surface area contributed by atoms with Crippen LogP contribution in [0.3, 0.4) is 0 Å². The molecule has 2 fully saturated rings. The van der Waals surface area contributed by atoms with Crippen molar-refractivity contribution < 1.29 is 22.3 Å². The lowest BCUT2D eigenvalue weighted by molar-refractivity contribution is 0.0288. The third kappa shape index (κ3) is 4.73. The first-order chi connectivity index (χ1) is 19.8. The number of ether oxygens (including phenoxy) is 1. The van der Waals surface area contributed by atoms with Crippen LogP contribution in [0.4, 0.5) is 23.4 Å². The number of fused-ring (bicyclic) bond motifs is 2. The van der Waals surface area contributed by atoms with Gasteiger partial charge in [-0.25, -0.2) is 17.6 Å². The smallest absolute Gasteiger partial charge is 0.319 e. The summed E-state index contributed by atoms with van der Waals surface area (Å²) >= 11 is 6.47. The predicted molar refractivity (Wildman–Crippen MR) is 155 cm³/mol. The third-order valence-electron chi connectivity index (χ3n) is 8.29. The molecule has 13 heteroatoms. The van der Waals surface area contributed by atoms with E-state index in [2.05, 4.69) is 25.5 Å². The Morgan fingerprint density at radius 1 is 1.17 bits per heavy atom. The molecule has 2 aromatic carbocycles. The van der Waals surface area contributed by atoms with Gasteiger partial charge in [0.05, 0.1) is 16.5 Å². The van der Waals surface area contributed by atoms with Gasteiger partial charge < -0.3 is 19.9 Å². The Kier molecular flexibility index (Phi) is 7.01. The van der Waals surface area contributed by atoms with E-state index in [4.69, 9.17) is 16.3 Å². The Morgan fingerprint density at radius 3 is 2.57 bits per heavy atom. The van der Waals surface area contributed by atoms with Crippen molar-refractivity contribution in [3.8, 4) is 17.1 Å². The SMILES string of the molecule is Cc1c(Cl)cc2n[nH]c(C)c2c1-c1c(F)cc2c(N3CCN[C@H](C)C3)nc(OC[C@@]3(CN(C)C)CC3(F)F)nc2c1F. The average molecular weight is 606 g/mol. The summed E-state index contributed by atoms with van der Waals surface area (Å²) in [5, 5.41) is 11.4. The number of rotatable bonds is 7. The van der Waals surface area contributed by atoms with Crippen LogP contribution in [0.15, 0.2) is 12.1 Å². The molecule has 224 valence electrons. The Hall–Kier alpha value is -3.22. The monoisotopic (exact) mass is 605 g/mol. The fourth-order valence-electron chi connectivity index (χ4n) is 6.10. The first-order valence-electron chi connectivity index (χ1n) is 13.8. The van der Waals surface area contributed by atoms with Gasteiger partial charge in [-0.15, -0.1) is 0 Å². The lowest BCUT2D eigenvalue weighted by atomic mass is 9.93. The molecule has 0 radical (unpaired) electrons. The molecule has 0 bridgehead atoms. The number of halogens is 5. The Morgan fingerprint density at radius 2 is 1.90 bits per heavy atom. The number of hydrogen-bond donors (Lipinski definition) is 2. The van der Waals surface area contributed by atoms with Crippen LogP contribution >= 0.6 is 11.6 Å². The Labute approximate surface area is 245 Å². The number of piperazine rings is 1. The quantitative estimate of drug-likeness (QED) is 0.270. The zero-order chi connectivity index (χ0) is 30.1. The fourth-order valence-corrected chi connectivity index (χ4v) is 6.30. The number of benzene rings is 2. The van der Waals surface area contributed by atoms with Crippen LogP contribution in [-0.4, -0.2) is 83.9 Å². The van der Waals surface area contributed by atoms with Gasteiger partial charge in [-0.2, -0.15) is 15.1 Å². The minimum absolute atomic E-state index is 0.0853. The van der Waals surface area contributed by atoms with E-state index in [1.165, 1.54) is 6.07 Å². The van der Waals surface area contributed by atoms with Crippen molar-refractivity contribution in [2.75, 3.05) is 51.8 Å². The molecule has 1 aliphatic heterocycles. The van der Waals surface area contributed by atoms with Crippen molar-refractivity contribution in [2.24, 2.45) is 5.41 Å². The maximum absolute atomic E-state index is 16.7. The van der Waals surface area contributed by atoms with Crippen LogP contribution in [0, 0.1) is 30.9 Å². The van der Waals surface area contributed by atoms with E-state index < -0.39 is 23.0 Å². The maximum atomic E-state index is 16.7. The van der Waals surface area contributed by atoms with Gasteiger partial charge in [0.25, 0.3) is 5.92 Å². The lowest BCUT2D eigenvalue weighted by Crippen LogP contribution is -2.49. The molecule has 2 atom stereocenters. The molecule has 8 nitrogen and oxygen atoms in total. The number of aromatic amines is 1. The molecule has 2 N–H and O–H groups in total. The van der Waals surface area contributed by atoms with E-state index in [1.807, 2.05) is 11.8 Å². The van der Waals surface area contributed by atoms with E-state index in [1.54, 1.807) is 38.9 Å². The largest absolute Gasteiger partial charge is 0.463 e. The molecule has 4 aromatic rings. The number of aryl methyl sites for hydroxylation is 1. The molecule has 1 saturated carbocycles. The highest BCUT2D eigenvalue weighted by Crippen LogP contribution is 2.60. The van der Waals surface area contributed by atoms with Crippen LogP contribution in [0.1, 0.15) is 24.6 Å². The van der Waals surface area contributed by atoms with Crippen molar-refractivity contribution in [1.82, 2.24) is 30.4 Å². The van der Waals surface area contributed by atoms with Crippen LogP contribution in [0.5, 0.6) is 6.01 Å². The molecule has 1 aliphatic carbocycles. The number of H-pyrrole nitrogens is 1. The van der Waals surface area contributed by atoms with Crippen LogP contribution < -0.4 is 15.0 Å². The molecule has 2 aliphatic rings. The molecule has 0 spiro atoms. The fraction of sp³-hybridized carbons (Fsp3) is 0.483. The minimum Gasteiger partial charge on any atom is -0.463 e. The minimum atomic E-state index is -2.90. The number of hydrogen-bond acceptors (Lipinski definition) is 7. The molecule has 0 unspecified atom stereocenters. The summed E-state index contributed by atoms with van der Waals surface area (Å²) in [6.07, 6.45) is -0.328. The molecular formula is C29H32ClF4N7O. The van der Waals surface area contributed by atoms with Crippen molar-refractivity contribution >= 4 is 39.2 Å². The van der Waals surface area contributed by atoms with Gasteiger partial charge in [-0.1, -0.05) is 11.6 Å². The average Bonchev–Trinajstić information content (AvgIpc) is 3.25. The summed E-state index contributed by atoms with van der Waals surface area (Å²) in [6.45, 7) is 6.86. The van der Waals surface area contributed by atoms with Crippen LogP contribution in [0.25, 0.3) is 32.9 Å². The van der Waals surface area contributed by atoms with Crippen molar-refractivity contribution in [3.05, 3.63) is 40.0 Å². The first kappa shape index (κ1) is 28.9. The van der Waals surface area contributed by atoms with Gasteiger partial charge in [-0.05, 0) is 52.6 Å². The first-order valence-corrected chi connectivity index (χ1v) is 14.2. The second kappa shape index (κ2) is 10.2. The lowest BCUT2D eigenvalue weighted by Gasteiger charge is -2.33. The number of aromatic nitrogens is 4. The zero-order valence-corrected chi connectivity index (χ0v) is 24.8. The zero-order valence-electron chi connectivity index (χ0n) is 24.0. The van der Waals surface area contributed by atoms with Crippen LogP contribution in [-0.2, 0) is 0 Å². The van der Waals surface area contributed by atoms with Gasteiger partial charge in [-0.3, -0.25) is 5.10 Å². The van der Waals surface area contributed by atoms with Gasteiger partial charge in [0.1, 0.15) is 23.8 Å². The highest BCUT2D eigenvalue weighted by Gasteiger charge is 2.71. The summed E-state index contributed by atoms with van der Waals surface area (Å²) in [7, 11) is 3.43. The summed E-state index contributed by atoms with van der Waals surface area (Å²) in [5.74, 6) is -4.35.